The van der Waals surface area contributed by atoms with Gasteiger partial charge in [-0.15, -0.1) is 0 Å². The highest BCUT2D eigenvalue weighted by molar-refractivity contribution is 6.32. The minimum Gasteiger partial charge on any atom is -0.508 e. The first-order chi connectivity index (χ1) is 12.4. The van der Waals surface area contributed by atoms with Crippen LogP contribution >= 0.6 is 11.6 Å². The third kappa shape index (κ3) is 2.97. The summed E-state index contributed by atoms with van der Waals surface area (Å²) in [4.78, 5) is 17.8. The van der Waals surface area contributed by atoms with Crippen molar-refractivity contribution in [3.8, 4) is 22.9 Å². The Morgan fingerprint density at radius 3 is 2.42 bits per heavy atom. The minimum atomic E-state index is -0.263. The van der Waals surface area contributed by atoms with Crippen LogP contribution < -0.4 is 15.0 Å². The average Bonchev–Trinajstić information content (AvgIpc) is 2.61. The second kappa shape index (κ2) is 6.88. The first-order valence-electron chi connectivity index (χ1n) is 8.05. The van der Waals surface area contributed by atoms with Crippen molar-refractivity contribution >= 4 is 22.5 Å². The van der Waals surface area contributed by atoms with Crippen LogP contribution in [0.25, 0.3) is 16.6 Å². The van der Waals surface area contributed by atoms with E-state index in [2.05, 4.69) is 4.98 Å². The largest absolute Gasteiger partial charge is 0.508 e. The highest BCUT2D eigenvalue weighted by Gasteiger charge is 2.20. The number of rotatable bonds is 4. The lowest BCUT2D eigenvalue weighted by molar-refractivity contribution is 0.401. The topological polar surface area (TPSA) is 73.6 Å². The van der Waals surface area contributed by atoms with Crippen LogP contribution in [-0.4, -0.2) is 28.9 Å². The fourth-order valence-electron chi connectivity index (χ4n) is 2.83. The molecule has 3 aromatic rings. The summed E-state index contributed by atoms with van der Waals surface area (Å²) >= 11 is 6.19. The third-order valence-corrected chi connectivity index (χ3v) is 4.38. The fourth-order valence-corrected chi connectivity index (χ4v) is 3.06. The Morgan fingerprint density at radius 1 is 1.12 bits per heavy atom. The summed E-state index contributed by atoms with van der Waals surface area (Å²) in [5.41, 5.74) is 0.668. The van der Waals surface area contributed by atoms with Crippen molar-refractivity contribution in [2.24, 2.45) is 0 Å². The lowest BCUT2D eigenvalue weighted by atomic mass is 10.1. The second-order valence-electron chi connectivity index (χ2n) is 6.13. The number of nitrogens with zero attached hydrogens (tertiary/aromatic N) is 2. The molecule has 0 aliphatic rings. The monoisotopic (exact) mass is 374 g/mol. The van der Waals surface area contributed by atoms with Crippen molar-refractivity contribution in [3.05, 3.63) is 51.5 Å². The molecule has 6 nitrogen and oxygen atoms in total. The van der Waals surface area contributed by atoms with Gasteiger partial charge in [0.15, 0.2) is 0 Å². The van der Waals surface area contributed by atoms with Crippen LogP contribution in [0.1, 0.15) is 25.6 Å². The van der Waals surface area contributed by atoms with Gasteiger partial charge >= 0.3 is 0 Å². The summed E-state index contributed by atoms with van der Waals surface area (Å²) in [5.74, 6) is 1.40. The maximum atomic E-state index is 13.2. The number of fused-ring (bicyclic) bond motifs is 1. The fraction of sp³-hybridized carbons (Fsp3) is 0.263. The molecular formula is C19H19ClN2O4. The molecule has 136 valence electrons. The third-order valence-electron chi connectivity index (χ3n) is 4.09. The predicted molar refractivity (Wildman–Crippen MR) is 101 cm³/mol. The number of benzene rings is 2. The quantitative estimate of drug-likeness (QED) is 0.750. The van der Waals surface area contributed by atoms with E-state index in [1.807, 2.05) is 13.8 Å². The smallest absolute Gasteiger partial charge is 0.266 e. The van der Waals surface area contributed by atoms with E-state index in [9.17, 15) is 9.90 Å². The lowest BCUT2D eigenvalue weighted by Crippen LogP contribution is -2.25. The molecule has 0 spiro atoms. The van der Waals surface area contributed by atoms with Crippen LogP contribution in [0, 0.1) is 0 Å². The van der Waals surface area contributed by atoms with Crippen molar-refractivity contribution in [2.75, 3.05) is 14.2 Å². The maximum absolute atomic E-state index is 13.2. The number of ether oxygens (including phenoxy) is 2. The molecule has 2 aromatic carbocycles. The van der Waals surface area contributed by atoms with E-state index >= 15 is 0 Å². The highest BCUT2D eigenvalue weighted by atomic mass is 35.5. The molecule has 7 heteroatoms. The predicted octanol–water partition coefficient (Wildman–Crippen LogP) is 3.89. The van der Waals surface area contributed by atoms with E-state index in [4.69, 9.17) is 21.1 Å². The summed E-state index contributed by atoms with van der Waals surface area (Å²) in [6, 6.07) is 7.76. The summed E-state index contributed by atoms with van der Waals surface area (Å²) in [7, 11) is 3.01. The van der Waals surface area contributed by atoms with Crippen molar-refractivity contribution < 1.29 is 14.6 Å². The van der Waals surface area contributed by atoms with Gasteiger partial charge in [-0.3, -0.25) is 9.36 Å². The Bertz CT molecular complexity index is 1040. The zero-order chi connectivity index (χ0) is 19.0. The van der Waals surface area contributed by atoms with Gasteiger partial charge in [0, 0.05) is 24.1 Å². The number of hydrogen-bond donors (Lipinski definition) is 1. The van der Waals surface area contributed by atoms with Crippen LogP contribution in [0.5, 0.6) is 17.2 Å². The zero-order valence-corrected chi connectivity index (χ0v) is 15.7. The number of halogens is 1. The second-order valence-corrected chi connectivity index (χ2v) is 6.53. The molecule has 0 atom stereocenters. The van der Waals surface area contributed by atoms with Crippen LogP contribution in [0.4, 0.5) is 0 Å². The van der Waals surface area contributed by atoms with Crippen molar-refractivity contribution in [1.82, 2.24) is 9.55 Å². The van der Waals surface area contributed by atoms with Crippen LogP contribution in [0.2, 0.25) is 5.02 Å². The molecule has 0 unspecified atom stereocenters. The van der Waals surface area contributed by atoms with Crippen LogP contribution in [-0.2, 0) is 0 Å². The van der Waals surface area contributed by atoms with Gasteiger partial charge in [0.05, 0.1) is 35.8 Å². The zero-order valence-electron chi connectivity index (χ0n) is 14.9. The van der Waals surface area contributed by atoms with E-state index in [-0.39, 0.29) is 17.2 Å². The normalized spacial score (nSPS) is 11.2. The first-order valence-corrected chi connectivity index (χ1v) is 8.42. The molecule has 0 aliphatic heterocycles. The van der Waals surface area contributed by atoms with Crippen molar-refractivity contribution in [3.63, 3.8) is 0 Å². The molecule has 0 saturated carbocycles. The van der Waals surface area contributed by atoms with Gasteiger partial charge in [-0.25, -0.2) is 4.98 Å². The highest BCUT2D eigenvalue weighted by Crippen LogP contribution is 2.35. The standard InChI is InChI=1S/C19H19ClN2O4/c1-10(2)18-21-14-7-11(23)5-6-12(14)19(24)22(18)15-9-16(25-3)13(20)8-17(15)26-4/h5-10,23H,1-4H3. The minimum absolute atomic E-state index is 0.0548. The summed E-state index contributed by atoms with van der Waals surface area (Å²) in [6.45, 7) is 3.87. The molecule has 0 bridgehead atoms. The van der Waals surface area contributed by atoms with Crippen molar-refractivity contribution in [1.29, 1.82) is 0 Å². The van der Waals surface area contributed by atoms with E-state index in [1.54, 1.807) is 18.2 Å². The van der Waals surface area contributed by atoms with Gasteiger partial charge in [0.1, 0.15) is 23.1 Å². The first kappa shape index (κ1) is 18.1. The van der Waals surface area contributed by atoms with E-state index < -0.39 is 0 Å². The van der Waals surface area contributed by atoms with E-state index in [0.29, 0.717) is 38.9 Å². The van der Waals surface area contributed by atoms with Gasteiger partial charge in [0.2, 0.25) is 0 Å². The van der Waals surface area contributed by atoms with E-state index in [0.717, 1.165) is 0 Å². The van der Waals surface area contributed by atoms with Gasteiger partial charge < -0.3 is 14.6 Å². The SMILES string of the molecule is COc1cc(-n2c(C(C)C)nc3cc(O)ccc3c2=O)c(OC)cc1Cl. The molecule has 26 heavy (non-hydrogen) atoms. The number of phenols is 1. The maximum Gasteiger partial charge on any atom is 0.266 e. The van der Waals surface area contributed by atoms with Gasteiger partial charge in [-0.2, -0.15) is 0 Å². The lowest BCUT2D eigenvalue weighted by Gasteiger charge is -2.19. The Labute approximate surface area is 155 Å². The van der Waals surface area contributed by atoms with Gasteiger partial charge in [-0.05, 0) is 12.1 Å². The van der Waals surface area contributed by atoms with Crippen LogP contribution in [0.3, 0.4) is 0 Å². The Hall–Kier alpha value is -2.73. The molecule has 1 aromatic heterocycles. The van der Waals surface area contributed by atoms with Gasteiger partial charge in [0.25, 0.3) is 5.56 Å². The molecule has 0 radical (unpaired) electrons. The molecule has 0 fully saturated rings. The van der Waals surface area contributed by atoms with Crippen LogP contribution in [0.15, 0.2) is 35.1 Å². The molecule has 0 aliphatic carbocycles. The number of aromatic nitrogens is 2. The molecule has 1 heterocycles. The Kier molecular flexibility index (Phi) is 4.78. The Balaban J connectivity index is 2.45. The average molecular weight is 375 g/mol. The number of hydrogen-bond acceptors (Lipinski definition) is 5. The number of phenolic OH excluding ortho intramolecular Hbond substituents is 1. The molecule has 3 rings (SSSR count). The summed E-state index contributed by atoms with van der Waals surface area (Å²) in [5, 5.41) is 10.5. The summed E-state index contributed by atoms with van der Waals surface area (Å²) in [6.07, 6.45) is 0. The van der Waals surface area contributed by atoms with E-state index in [1.165, 1.54) is 30.9 Å². The molecule has 0 amide bonds. The Morgan fingerprint density at radius 2 is 1.81 bits per heavy atom. The molecule has 0 saturated heterocycles. The number of methoxy groups -OCH3 is 2. The molecule has 1 N–H and O–H groups in total. The summed E-state index contributed by atoms with van der Waals surface area (Å²) < 4.78 is 12.2. The number of aromatic hydroxyl groups is 1. The molecular weight excluding hydrogens is 356 g/mol. The van der Waals surface area contributed by atoms with Gasteiger partial charge in [-0.1, -0.05) is 25.4 Å². The van der Waals surface area contributed by atoms with Crippen molar-refractivity contribution in [2.45, 2.75) is 19.8 Å².